The summed E-state index contributed by atoms with van der Waals surface area (Å²) in [6, 6.07) is 17.4. The summed E-state index contributed by atoms with van der Waals surface area (Å²) in [4.78, 5) is 16.9. The lowest BCUT2D eigenvalue weighted by Crippen LogP contribution is -2.49. The molecule has 1 saturated heterocycles. The molecule has 0 unspecified atom stereocenters. The highest BCUT2D eigenvalue weighted by Gasteiger charge is 2.24. The number of aromatic nitrogens is 2. The second-order valence-corrected chi connectivity index (χ2v) is 7.44. The van der Waals surface area contributed by atoms with Crippen molar-refractivity contribution in [2.45, 2.75) is 6.92 Å². The number of rotatable bonds is 3. The summed E-state index contributed by atoms with van der Waals surface area (Å²) in [5, 5.41) is 8.81. The number of nitrogens with zero attached hydrogens (tertiary/aromatic N) is 4. The molecule has 30 heavy (non-hydrogen) atoms. The Labute approximate surface area is 174 Å². The van der Waals surface area contributed by atoms with E-state index in [9.17, 15) is 4.79 Å². The molecule has 0 saturated carbocycles. The van der Waals surface area contributed by atoms with E-state index in [0.29, 0.717) is 13.1 Å². The van der Waals surface area contributed by atoms with Crippen LogP contribution >= 0.6 is 0 Å². The largest absolute Gasteiger partial charge is 0.454 e. The number of hydrogen-bond acceptors (Lipinski definition) is 6. The van der Waals surface area contributed by atoms with Gasteiger partial charge in [0.15, 0.2) is 17.3 Å². The molecule has 0 aliphatic carbocycles. The molecule has 5 rings (SSSR count). The molecule has 3 heterocycles. The maximum Gasteiger partial charge on any atom is 0.254 e. The topological polar surface area (TPSA) is 67.8 Å². The molecule has 0 bridgehead atoms. The van der Waals surface area contributed by atoms with Gasteiger partial charge in [-0.3, -0.25) is 4.79 Å². The van der Waals surface area contributed by atoms with Crippen LogP contribution in [0.1, 0.15) is 15.9 Å². The van der Waals surface area contributed by atoms with Crippen LogP contribution in [-0.2, 0) is 0 Å². The van der Waals surface area contributed by atoms with Gasteiger partial charge in [0.05, 0.1) is 5.69 Å². The first kappa shape index (κ1) is 18.4. The monoisotopic (exact) mass is 402 g/mol. The molecular weight excluding hydrogens is 380 g/mol. The van der Waals surface area contributed by atoms with E-state index in [1.807, 2.05) is 66.4 Å². The number of fused-ring (bicyclic) bond motifs is 1. The van der Waals surface area contributed by atoms with Gasteiger partial charge < -0.3 is 19.3 Å². The van der Waals surface area contributed by atoms with Gasteiger partial charge in [-0.2, -0.15) is 0 Å². The van der Waals surface area contributed by atoms with Crippen molar-refractivity contribution >= 4 is 11.7 Å². The fourth-order valence-electron chi connectivity index (χ4n) is 3.83. The first-order valence-corrected chi connectivity index (χ1v) is 10.0. The Kier molecular flexibility index (Phi) is 4.71. The van der Waals surface area contributed by atoms with E-state index >= 15 is 0 Å². The smallest absolute Gasteiger partial charge is 0.254 e. The van der Waals surface area contributed by atoms with Gasteiger partial charge in [0.1, 0.15) is 0 Å². The van der Waals surface area contributed by atoms with E-state index in [1.165, 1.54) is 0 Å². The molecule has 1 aromatic heterocycles. The predicted octanol–water partition coefficient (Wildman–Crippen LogP) is 3.14. The second-order valence-electron chi connectivity index (χ2n) is 7.44. The van der Waals surface area contributed by atoms with E-state index in [2.05, 4.69) is 15.1 Å². The van der Waals surface area contributed by atoms with Crippen LogP contribution in [0.4, 0.5) is 5.82 Å². The van der Waals surface area contributed by atoms with E-state index in [4.69, 9.17) is 9.47 Å². The highest BCUT2D eigenvalue weighted by molar-refractivity contribution is 5.95. The van der Waals surface area contributed by atoms with Gasteiger partial charge in [-0.1, -0.05) is 18.2 Å². The van der Waals surface area contributed by atoms with Gasteiger partial charge in [0.2, 0.25) is 6.79 Å². The molecule has 3 aromatic rings. The lowest BCUT2D eigenvalue weighted by atomic mass is 10.1. The molecule has 7 nitrogen and oxygen atoms in total. The summed E-state index contributed by atoms with van der Waals surface area (Å²) in [5.74, 6) is 2.40. The molecule has 1 amide bonds. The zero-order valence-electron chi connectivity index (χ0n) is 16.7. The Hall–Kier alpha value is -3.61. The van der Waals surface area contributed by atoms with Gasteiger partial charge in [0, 0.05) is 37.3 Å². The maximum absolute atomic E-state index is 12.8. The SMILES string of the molecule is Cc1ccccc1C(=O)N1CCN(c2ccc(-c3ccc4c(c3)OCO4)nn2)CC1. The summed E-state index contributed by atoms with van der Waals surface area (Å²) < 4.78 is 10.8. The number of carbonyl (C=O) groups is 1. The Morgan fingerprint density at radius 2 is 1.70 bits per heavy atom. The molecule has 152 valence electrons. The first-order chi connectivity index (χ1) is 14.7. The van der Waals surface area contributed by atoms with Crippen molar-refractivity contribution in [2.24, 2.45) is 0 Å². The average Bonchev–Trinajstić information content (AvgIpc) is 3.27. The number of ether oxygens (including phenoxy) is 2. The molecule has 0 atom stereocenters. The van der Waals surface area contributed by atoms with Crippen molar-refractivity contribution in [2.75, 3.05) is 37.9 Å². The Bertz CT molecular complexity index is 1080. The second kappa shape index (κ2) is 7.67. The van der Waals surface area contributed by atoms with Crippen LogP contribution in [0.3, 0.4) is 0 Å². The van der Waals surface area contributed by atoms with Gasteiger partial charge in [-0.05, 0) is 48.9 Å². The fourth-order valence-corrected chi connectivity index (χ4v) is 3.83. The highest BCUT2D eigenvalue weighted by atomic mass is 16.7. The minimum atomic E-state index is 0.0944. The Balaban J connectivity index is 1.24. The van der Waals surface area contributed by atoms with Crippen molar-refractivity contribution in [1.29, 1.82) is 0 Å². The molecule has 2 aromatic carbocycles. The van der Waals surface area contributed by atoms with Crippen LogP contribution in [0.5, 0.6) is 11.5 Å². The lowest BCUT2D eigenvalue weighted by molar-refractivity contribution is 0.0745. The van der Waals surface area contributed by atoms with E-state index in [1.54, 1.807) is 0 Å². The van der Waals surface area contributed by atoms with Crippen LogP contribution in [0.15, 0.2) is 54.6 Å². The molecule has 0 radical (unpaired) electrons. The number of hydrogen-bond donors (Lipinski definition) is 0. The number of amides is 1. The van der Waals surface area contributed by atoms with Crippen molar-refractivity contribution in [3.63, 3.8) is 0 Å². The summed E-state index contributed by atoms with van der Waals surface area (Å²) in [6.45, 7) is 5.02. The quantitative estimate of drug-likeness (QED) is 0.671. The molecule has 1 fully saturated rings. The minimum Gasteiger partial charge on any atom is -0.454 e. The van der Waals surface area contributed by atoms with Crippen molar-refractivity contribution in [1.82, 2.24) is 15.1 Å². The van der Waals surface area contributed by atoms with Crippen molar-refractivity contribution in [3.05, 3.63) is 65.7 Å². The van der Waals surface area contributed by atoms with E-state index in [0.717, 1.165) is 52.8 Å². The standard InChI is InChI=1S/C23H22N4O3/c1-16-4-2-3-5-18(16)23(28)27-12-10-26(11-13-27)22-9-7-19(24-25-22)17-6-8-20-21(14-17)30-15-29-20/h2-9,14H,10-13,15H2,1H3. The number of benzene rings is 2. The number of piperazine rings is 1. The zero-order valence-corrected chi connectivity index (χ0v) is 16.7. The Morgan fingerprint density at radius 1 is 0.900 bits per heavy atom. The lowest BCUT2D eigenvalue weighted by Gasteiger charge is -2.35. The number of carbonyl (C=O) groups excluding carboxylic acids is 1. The molecule has 7 heteroatoms. The van der Waals surface area contributed by atoms with Gasteiger partial charge in [-0.25, -0.2) is 0 Å². The highest BCUT2D eigenvalue weighted by Crippen LogP contribution is 2.35. The maximum atomic E-state index is 12.8. The van der Waals surface area contributed by atoms with Crippen LogP contribution in [0, 0.1) is 6.92 Å². The minimum absolute atomic E-state index is 0.0944. The average molecular weight is 402 g/mol. The third-order valence-electron chi connectivity index (χ3n) is 5.59. The van der Waals surface area contributed by atoms with Crippen molar-refractivity contribution in [3.8, 4) is 22.8 Å². The Morgan fingerprint density at radius 3 is 2.47 bits per heavy atom. The molecule has 0 N–H and O–H groups in total. The molecule has 2 aliphatic rings. The third-order valence-corrected chi connectivity index (χ3v) is 5.59. The number of aryl methyl sites for hydroxylation is 1. The van der Waals surface area contributed by atoms with Gasteiger partial charge in [-0.15, -0.1) is 10.2 Å². The van der Waals surface area contributed by atoms with E-state index in [-0.39, 0.29) is 12.7 Å². The van der Waals surface area contributed by atoms with Crippen molar-refractivity contribution < 1.29 is 14.3 Å². The summed E-state index contributed by atoms with van der Waals surface area (Å²) in [7, 11) is 0. The van der Waals surface area contributed by atoms with Gasteiger partial charge >= 0.3 is 0 Å². The van der Waals surface area contributed by atoms with Crippen LogP contribution in [0.2, 0.25) is 0 Å². The normalized spacial score (nSPS) is 15.4. The predicted molar refractivity (Wildman–Crippen MR) is 113 cm³/mol. The fraction of sp³-hybridized carbons (Fsp3) is 0.261. The van der Waals surface area contributed by atoms with E-state index < -0.39 is 0 Å². The van der Waals surface area contributed by atoms with Crippen LogP contribution < -0.4 is 14.4 Å². The third kappa shape index (κ3) is 3.43. The summed E-state index contributed by atoms with van der Waals surface area (Å²) in [5.41, 5.74) is 3.51. The molecule has 2 aliphatic heterocycles. The van der Waals surface area contributed by atoms with Crippen LogP contribution in [0.25, 0.3) is 11.3 Å². The molecular formula is C23H22N4O3. The zero-order chi connectivity index (χ0) is 20.5. The summed E-state index contributed by atoms with van der Waals surface area (Å²) >= 11 is 0. The number of anilines is 1. The summed E-state index contributed by atoms with van der Waals surface area (Å²) in [6.07, 6.45) is 0. The van der Waals surface area contributed by atoms with Gasteiger partial charge in [0.25, 0.3) is 5.91 Å². The molecule has 0 spiro atoms. The first-order valence-electron chi connectivity index (χ1n) is 10.0. The van der Waals surface area contributed by atoms with Crippen LogP contribution in [-0.4, -0.2) is 54.0 Å².